The van der Waals surface area contributed by atoms with Crippen LogP contribution in [0.1, 0.15) is 79.7 Å². The van der Waals surface area contributed by atoms with Crippen LogP contribution in [0.25, 0.3) is 17.0 Å². The summed E-state index contributed by atoms with van der Waals surface area (Å²) in [5, 5.41) is 16.4. The van der Waals surface area contributed by atoms with Gasteiger partial charge in [-0.15, -0.1) is 0 Å². The summed E-state index contributed by atoms with van der Waals surface area (Å²) >= 11 is 0. The first-order valence-corrected chi connectivity index (χ1v) is 15.4. The van der Waals surface area contributed by atoms with E-state index in [1.807, 2.05) is 30.6 Å². The van der Waals surface area contributed by atoms with E-state index in [4.69, 9.17) is 18.9 Å². The van der Waals surface area contributed by atoms with E-state index in [0.717, 1.165) is 48.2 Å². The zero-order valence-corrected chi connectivity index (χ0v) is 23.6. The van der Waals surface area contributed by atoms with Crippen molar-refractivity contribution in [2.45, 2.75) is 103 Å². The van der Waals surface area contributed by atoms with Gasteiger partial charge in [-0.1, -0.05) is 26.7 Å². The maximum Gasteiger partial charge on any atom is 0.302 e. The van der Waals surface area contributed by atoms with Crippen LogP contribution < -0.4 is 4.43 Å². The molecule has 8 heteroatoms. The molecule has 1 atom stereocenters. The predicted octanol–water partition coefficient (Wildman–Crippen LogP) is 6.01. The van der Waals surface area contributed by atoms with Gasteiger partial charge in [0.15, 0.2) is 6.23 Å². The van der Waals surface area contributed by atoms with Crippen LogP contribution in [-0.2, 0) is 9.39 Å². The first-order chi connectivity index (χ1) is 15.6. The van der Waals surface area contributed by atoms with Gasteiger partial charge in [-0.2, -0.15) is 5.10 Å². The number of nitrogens with zero attached hydrogens (tertiary/aromatic N) is 2. The summed E-state index contributed by atoms with van der Waals surface area (Å²) in [4.78, 5) is 0. The van der Waals surface area contributed by atoms with Gasteiger partial charge in [0.2, 0.25) is 8.32 Å². The summed E-state index contributed by atoms with van der Waals surface area (Å²) in [7, 11) is -1.58. The van der Waals surface area contributed by atoms with E-state index in [-0.39, 0.29) is 11.3 Å². The molecule has 0 spiro atoms. The normalized spacial score (nSPS) is 18.6. The zero-order chi connectivity index (χ0) is 25.4. The van der Waals surface area contributed by atoms with Crippen molar-refractivity contribution in [1.29, 1.82) is 0 Å². The molecule has 0 aliphatic carbocycles. The van der Waals surface area contributed by atoms with Crippen molar-refractivity contribution in [2.24, 2.45) is 0 Å². The maximum absolute atomic E-state index is 10.3. The Kier molecular flexibility index (Phi) is 7.78. The second-order valence-electron chi connectivity index (χ2n) is 12.0. The summed E-state index contributed by atoms with van der Waals surface area (Å²) in [6, 6.07) is 6.28. The number of hydrogen-bond acceptors (Lipinski definition) is 5. The Hall–Kier alpha value is -1.61. The average Bonchev–Trinajstić information content (AvgIpc) is 3.08. The summed E-state index contributed by atoms with van der Waals surface area (Å²) in [6.07, 6.45) is 5.16. The van der Waals surface area contributed by atoms with Gasteiger partial charge in [-0.05, 0) is 89.4 Å². The lowest BCUT2D eigenvalue weighted by atomic mass is 9.86. The zero-order valence-electron chi connectivity index (χ0n) is 22.6. The largest absolute Gasteiger partial charge is 0.543 e. The molecule has 1 N–H and O–H groups in total. The Bertz CT molecular complexity index is 1010. The molecule has 0 bridgehead atoms. The monoisotopic (exact) mass is 486 g/mol. The summed E-state index contributed by atoms with van der Waals surface area (Å²) < 4.78 is 20.6. The molecule has 0 saturated carbocycles. The first kappa shape index (κ1) is 27.0. The van der Waals surface area contributed by atoms with E-state index in [1.54, 1.807) is 13.8 Å². The summed E-state index contributed by atoms with van der Waals surface area (Å²) in [5.74, 6) is 2.85. The minimum absolute atomic E-state index is 0.0454. The molecule has 1 unspecified atom stereocenters. The van der Waals surface area contributed by atoms with Crippen LogP contribution in [-0.4, -0.2) is 48.5 Å². The molecule has 1 aliphatic heterocycles. The Morgan fingerprint density at radius 1 is 1.15 bits per heavy atom. The van der Waals surface area contributed by atoms with Crippen LogP contribution in [0.4, 0.5) is 0 Å². The standard InChI is InChI=1S/C26H43BN2O4Si/c1-24(2,3)34(8,9)32-19-13-14-22-20(18-19)21(28-29(22)23-12-10-11-17-31-23)15-16-27-33-26(6,7)25(4,5)30/h13-16,18,23,27,30H,10-12,17H2,1-9H3/b16-15+. The molecule has 188 valence electrons. The second-order valence-corrected chi connectivity index (χ2v) is 16.7. The maximum atomic E-state index is 10.3. The Balaban J connectivity index is 1.93. The number of benzene rings is 1. The Morgan fingerprint density at radius 2 is 1.85 bits per heavy atom. The van der Waals surface area contributed by atoms with Gasteiger partial charge >= 0.3 is 7.48 Å². The van der Waals surface area contributed by atoms with Gasteiger partial charge in [-0.3, -0.25) is 0 Å². The van der Waals surface area contributed by atoms with Crippen molar-refractivity contribution >= 4 is 32.8 Å². The lowest BCUT2D eigenvalue weighted by Gasteiger charge is -2.37. The minimum atomic E-state index is -1.96. The van der Waals surface area contributed by atoms with Gasteiger partial charge in [-0.25, -0.2) is 4.68 Å². The van der Waals surface area contributed by atoms with E-state index in [2.05, 4.69) is 52.1 Å². The van der Waals surface area contributed by atoms with Crippen molar-refractivity contribution in [1.82, 2.24) is 9.78 Å². The van der Waals surface area contributed by atoms with E-state index < -0.39 is 19.5 Å². The van der Waals surface area contributed by atoms with Crippen LogP contribution >= 0.6 is 0 Å². The van der Waals surface area contributed by atoms with Crippen molar-refractivity contribution in [3.05, 3.63) is 29.9 Å². The van der Waals surface area contributed by atoms with Crippen LogP contribution in [0.3, 0.4) is 0 Å². The number of aromatic nitrogens is 2. The van der Waals surface area contributed by atoms with Gasteiger partial charge in [0.1, 0.15) is 5.75 Å². The van der Waals surface area contributed by atoms with Crippen LogP contribution in [0.2, 0.25) is 18.1 Å². The molecule has 1 saturated heterocycles. The molecule has 1 fully saturated rings. The number of hydrogen-bond donors (Lipinski definition) is 1. The van der Waals surface area contributed by atoms with Crippen molar-refractivity contribution in [3.8, 4) is 5.75 Å². The fourth-order valence-corrected chi connectivity index (χ4v) is 4.53. The fraction of sp³-hybridized carbons (Fsp3) is 0.654. The quantitative estimate of drug-likeness (QED) is 0.463. The van der Waals surface area contributed by atoms with Gasteiger partial charge in [0, 0.05) is 12.0 Å². The average molecular weight is 487 g/mol. The molecule has 2 heterocycles. The molecular weight excluding hydrogens is 443 g/mol. The number of rotatable bonds is 8. The molecule has 1 aliphatic rings. The van der Waals surface area contributed by atoms with Gasteiger partial charge < -0.3 is 18.9 Å². The molecule has 34 heavy (non-hydrogen) atoms. The molecule has 0 amide bonds. The fourth-order valence-electron chi connectivity index (χ4n) is 3.51. The molecule has 3 rings (SSSR count). The molecule has 0 radical (unpaired) electrons. The number of ether oxygens (including phenoxy) is 1. The lowest BCUT2D eigenvalue weighted by molar-refractivity contribution is -0.0894. The topological polar surface area (TPSA) is 65.7 Å². The minimum Gasteiger partial charge on any atom is -0.543 e. The summed E-state index contributed by atoms with van der Waals surface area (Å²) in [5.41, 5.74) is 0.309. The van der Waals surface area contributed by atoms with E-state index >= 15 is 0 Å². The van der Waals surface area contributed by atoms with Gasteiger partial charge in [0.25, 0.3) is 0 Å². The molecule has 1 aromatic heterocycles. The Labute approximate surface area is 207 Å². The molecular formula is C26H43BN2O4Si. The third-order valence-corrected chi connectivity index (χ3v) is 12.0. The third-order valence-electron chi connectivity index (χ3n) is 7.60. The first-order valence-electron chi connectivity index (χ1n) is 12.5. The Morgan fingerprint density at radius 3 is 2.44 bits per heavy atom. The van der Waals surface area contributed by atoms with E-state index in [9.17, 15) is 5.11 Å². The van der Waals surface area contributed by atoms with Crippen LogP contribution in [0, 0.1) is 0 Å². The van der Waals surface area contributed by atoms with Crippen molar-refractivity contribution < 1.29 is 18.9 Å². The highest BCUT2D eigenvalue weighted by Gasteiger charge is 2.39. The SMILES string of the molecule is CC(C)(O)C(C)(C)OB/C=C/c1nn(C2CCCCO2)c2ccc(O[Si](C)(C)C(C)(C)C)cc12. The van der Waals surface area contributed by atoms with E-state index in [1.165, 1.54) is 0 Å². The second kappa shape index (κ2) is 9.80. The number of aliphatic hydroxyl groups is 1. The van der Waals surface area contributed by atoms with E-state index in [0.29, 0.717) is 7.48 Å². The number of fused-ring (bicyclic) bond motifs is 1. The summed E-state index contributed by atoms with van der Waals surface area (Å²) in [6.45, 7) is 19.4. The molecule has 1 aromatic carbocycles. The molecule has 6 nitrogen and oxygen atoms in total. The highest BCUT2D eigenvalue weighted by molar-refractivity contribution is 6.74. The van der Waals surface area contributed by atoms with Gasteiger partial charge in [0.05, 0.1) is 22.4 Å². The predicted molar refractivity (Wildman–Crippen MR) is 144 cm³/mol. The molecule has 2 aromatic rings. The highest BCUT2D eigenvalue weighted by atomic mass is 28.4. The van der Waals surface area contributed by atoms with Crippen LogP contribution in [0.5, 0.6) is 5.75 Å². The third kappa shape index (κ3) is 5.96. The smallest absolute Gasteiger partial charge is 0.302 e. The lowest BCUT2D eigenvalue weighted by Crippen LogP contribution is -2.47. The van der Waals surface area contributed by atoms with Crippen molar-refractivity contribution in [3.63, 3.8) is 0 Å². The van der Waals surface area contributed by atoms with Crippen molar-refractivity contribution in [2.75, 3.05) is 6.61 Å². The highest BCUT2D eigenvalue weighted by Crippen LogP contribution is 2.38. The van der Waals surface area contributed by atoms with Crippen LogP contribution in [0.15, 0.2) is 24.2 Å².